The quantitative estimate of drug-likeness (QED) is 0.731. The zero-order valence-electron chi connectivity index (χ0n) is 8.48. The fraction of sp³-hybridized carbons (Fsp3) is 0.364. The van der Waals surface area contributed by atoms with Crippen molar-refractivity contribution in [2.24, 2.45) is 0 Å². The lowest BCUT2D eigenvalue weighted by molar-refractivity contribution is 0.0789. The van der Waals surface area contributed by atoms with Crippen LogP contribution in [0.5, 0.6) is 0 Å². The van der Waals surface area contributed by atoms with Crippen molar-refractivity contribution in [3.8, 4) is 0 Å². The number of ether oxygens (including phenoxy) is 2. The first-order chi connectivity index (χ1) is 7.45. The molecule has 1 aromatic rings. The van der Waals surface area contributed by atoms with Gasteiger partial charge in [-0.2, -0.15) is 0 Å². The number of hydrogen-bond donors (Lipinski definition) is 1. The SMILES string of the molecule is C1=C(CNCCc2cccnc2)OCO1. The van der Waals surface area contributed by atoms with E-state index in [0.717, 1.165) is 25.3 Å². The van der Waals surface area contributed by atoms with Crippen LogP contribution in [0.15, 0.2) is 36.5 Å². The zero-order chi connectivity index (χ0) is 10.3. The maximum absolute atomic E-state index is 5.17. The highest BCUT2D eigenvalue weighted by Gasteiger charge is 2.04. The molecule has 80 valence electrons. The second kappa shape index (κ2) is 5.36. The van der Waals surface area contributed by atoms with Gasteiger partial charge >= 0.3 is 0 Å². The maximum atomic E-state index is 5.17. The van der Waals surface area contributed by atoms with Crippen LogP contribution in [0.25, 0.3) is 0 Å². The van der Waals surface area contributed by atoms with E-state index in [1.54, 1.807) is 12.5 Å². The molecule has 4 nitrogen and oxygen atoms in total. The van der Waals surface area contributed by atoms with E-state index in [2.05, 4.69) is 16.4 Å². The van der Waals surface area contributed by atoms with Crippen LogP contribution in [0.4, 0.5) is 0 Å². The van der Waals surface area contributed by atoms with Crippen molar-refractivity contribution in [1.82, 2.24) is 10.3 Å². The minimum absolute atomic E-state index is 0.347. The first-order valence-corrected chi connectivity index (χ1v) is 4.98. The van der Waals surface area contributed by atoms with Crippen molar-refractivity contribution in [3.05, 3.63) is 42.1 Å². The monoisotopic (exact) mass is 206 g/mol. The molecule has 0 amide bonds. The van der Waals surface area contributed by atoms with Gasteiger partial charge in [0.2, 0.25) is 6.79 Å². The van der Waals surface area contributed by atoms with Gasteiger partial charge in [0.1, 0.15) is 12.0 Å². The largest absolute Gasteiger partial charge is 0.462 e. The van der Waals surface area contributed by atoms with Crippen molar-refractivity contribution in [1.29, 1.82) is 0 Å². The summed E-state index contributed by atoms with van der Waals surface area (Å²) < 4.78 is 10.1. The molecule has 4 heteroatoms. The minimum Gasteiger partial charge on any atom is -0.462 e. The predicted octanol–water partition coefficient (Wildman–Crippen LogP) is 1.06. The molecule has 2 heterocycles. The molecule has 1 aliphatic heterocycles. The minimum atomic E-state index is 0.347. The van der Waals surface area contributed by atoms with Gasteiger partial charge in [0, 0.05) is 12.4 Å². The van der Waals surface area contributed by atoms with Gasteiger partial charge in [-0.1, -0.05) is 6.07 Å². The van der Waals surface area contributed by atoms with Crippen molar-refractivity contribution in [2.75, 3.05) is 19.9 Å². The standard InChI is InChI=1S/C11H14N2O2/c1-2-10(6-12-4-1)3-5-13-7-11-8-14-9-15-11/h1-2,4,6,8,13H,3,5,7,9H2. The second-order valence-electron chi connectivity index (χ2n) is 3.30. The normalized spacial score (nSPS) is 14.3. The molecular formula is C11H14N2O2. The first kappa shape index (κ1) is 9.98. The Morgan fingerprint density at radius 3 is 3.20 bits per heavy atom. The summed E-state index contributed by atoms with van der Waals surface area (Å²) in [6.45, 7) is 1.98. The Hall–Kier alpha value is -1.55. The molecule has 0 fully saturated rings. The highest BCUT2D eigenvalue weighted by molar-refractivity contribution is 5.08. The first-order valence-electron chi connectivity index (χ1n) is 4.98. The molecule has 0 saturated heterocycles. The Morgan fingerprint density at radius 1 is 1.47 bits per heavy atom. The van der Waals surface area contributed by atoms with Gasteiger partial charge in [0.05, 0.1) is 6.54 Å². The Labute approximate surface area is 88.9 Å². The summed E-state index contributed by atoms with van der Waals surface area (Å²) in [6, 6.07) is 4.02. The molecule has 0 spiro atoms. The van der Waals surface area contributed by atoms with Gasteiger partial charge in [-0.15, -0.1) is 0 Å². The number of nitrogens with one attached hydrogen (secondary N) is 1. The van der Waals surface area contributed by atoms with Gasteiger partial charge in [0.25, 0.3) is 0 Å². The lowest BCUT2D eigenvalue weighted by Crippen LogP contribution is -2.20. The number of pyridine rings is 1. The Balaban J connectivity index is 1.63. The highest BCUT2D eigenvalue weighted by atomic mass is 16.7. The molecule has 0 atom stereocenters. The predicted molar refractivity (Wildman–Crippen MR) is 55.9 cm³/mol. The van der Waals surface area contributed by atoms with Crippen LogP contribution in [-0.4, -0.2) is 24.9 Å². The summed E-state index contributed by atoms with van der Waals surface area (Å²) in [4.78, 5) is 4.06. The van der Waals surface area contributed by atoms with Crippen LogP contribution in [0.1, 0.15) is 5.56 Å². The third-order valence-electron chi connectivity index (χ3n) is 2.14. The summed E-state index contributed by atoms with van der Waals surface area (Å²) in [5.41, 5.74) is 1.24. The summed E-state index contributed by atoms with van der Waals surface area (Å²) in [5.74, 6) is 0.862. The molecule has 1 N–H and O–H groups in total. The average Bonchev–Trinajstić information content (AvgIpc) is 2.79. The zero-order valence-corrected chi connectivity index (χ0v) is 8.48. The van der Waals surface area contributed by atoms with Crippen molar-refractivity contribution in [2.45, 2.75) is 6.42 Å². The van der Waals surface area contributed by atoms with Gasteiger partial charge < -0.3 is 14.8 Å². The van der Waals surface area contributed by atoms with Crippen LogP contribution in [0.2, 0.25) is 0 Å². The molecule has 15 heavy (non-hydrogen) atoms. The van der Waals surface area contributed by atoms with E-state index in [4.69, 9.17) is 9.47 Å². The van der Waals surface area contributed by atoms with E-state index in [9.17, 15) is 0 Å². The highest BCUT2D eigenvalue weighted by Crippen LogP contribution is 2.04. The summed E-state index contributed by atoms with van der Waals surface area (Å²) in [5, 5.41) is 3.27. The van der Waals surface area contributed by atoms with Gasteiger partial charge in [0.15, 0.2) is 0 Å². The molecule has 0 aliphatic carbocycles. The Bertz CT molecular complexity index is 325. The number of hydrogen-bond acceptors (Lipinski definition) is 4. The molecule has 1 aromatic heterocycles. The molecule has 0 unspecified atom stereocenters. The van der Waals surface area contributed by atoms with Crippen LogP contribution in [-0.2, 0) is 15.9 Å². The number of nitrogens with zero attached hydrogens (tertiary/aromatic N) is 1. The topological polar surface area (TPSA) is 43.4 Å². The average molecular weight is 206 g/mol. The van der Waals surface area contributed by atoms with Gasteiger partial charge in [-0.25, -0.2) is 0 Å². The Kier molecular flexibility index (Phi) is 3.57. The van der Waals surface area contributed by atoms with Crippen LogP contribution < -0.4 is 5.32 Å². The fourth-order valence-corrected chi connectivity index (χ4v) is 1.35. The molecule has 0 radical (unpaired) electrons. The van der Waals surface area contributed by atoms with E-state index >= 15 is 0 Å². The molecular weight excluding hydrogens is 192 g/mol. The Morgan fingerprint density at radius 2 is 2.47 bits per heavy atom. The fourth-order valence-electron chi connectivity index (χ4n) is 1.35. The third-order valence-corrected chi connectivity index (χ3v) is 2.14. The summed E-state index contributed by atoms with van der Waals surface area (Å²) in [7, 11) is 0. The number of rotatable bonds is 5. The molecule has 0 saturated carbocycles. The molecule has 1 aliphatic rings. The van der Waals surface area contributed by atoms with Crippen molar-refractivity contribution < 1.29 is 9.47 Å². The third kappa shape index (κ3) is 3.25. The van der Waals surface area contributed by atoms with E-state index in [-0.39, 0.29) is 0 Å². The summed E-state index contributed by atoms with van der Waals surface area (Å²) >= 11 is 0. The lowest BCUT2D eigenvalue weighted by atomic mass is 10.2. The molecule has 0 bridgehead atoms. The molecule has 2 rings (SSSR count). The van der Waals surface area contributed by atoms with Crippen LogP contribution in [0.3, 0.4) is 0 Å². The van der Waals surface area contributed by atoms with E-state index in [1.165, 1.54) is 5.56 Å². The van der Waals surface area contributed by atoms with Crippen LogP contribution in [0, 0.1) is 0 Å². The number of aromatic nitrogens is 1. The van der Waals surface area contributed by atoms with Gasteiger partial charge in [-0.05, 0) is 24.6 Å². The maximum Gasteiger partial charge on any atom is 0.229 e. The molecule has 0 aromatic carbocycles. The smallest absolute Gasteiger partial charge is 0.229 e. The van der Waals surface area contributed by atoms with E-state index in [1.807, 2.05) is 12.3 Å². The lowest BCUT2D eigenvalue weighted by Gasteiger charge is -2.04. The van der Waals surface area contributed by atoms with Crippen LogP contribution >= 0.6 is 0 Å². The van der Waals surface area contributed by atoms with E-state index in [0.29, 0.717) is 6.79 Å². The van der Waals surface area contributed by atoms with Gasteiger partial charge in [-0.3, -0.25) is 4.98 Å². The van der Waals surface area contributed by atoms with E-state index < -0.39 is 0 Å². The van der Waals surface area contributed by atoms with Crippen molar-refractivity contribution >= 4 is 0 Å². The second-order valence-corrected chi connectivity index (χ2v) is 3.30. The summed E-state index contributed by atoms with van der Waals surface area (Å²) in [6.07, 6.45) is 6.29. The van der Waals surface area contributed by atoms with Crippen molar-refractivity contribution in [3.63, 3.8) is 0 Å².